The lowest BCUT2D eigenvalue weighted by Gasteiger charge is -2.38. The molecule has 1 heterocycles. The molecule has 2 N–H and O–H groups in total. The highest BCUT2D eigenvalue weighted by Crippen LogP contribution is 2.23. The highest BCUT2D eigenvalue weighted by molar-refractivity contribution is 6.04. The number of nitrogens with zero attached hydrogens (tertiary/aromatic N) is 1. The lowest BCUT2D eigenvalue weighted by molar-refractivity contribution is -0.139. The van der Waals surface area contributed by atoms with Crippen LogP contribution in [0, 0.1) is 0 Å². The first-order valence-electron chi connectivity index (χ1n) is 10.6. The summed E-state index contributed by atoms with van der Waals surface area (Å²) in [5.41, 5.74) is 1.64. The molecule has 1 aliphatic heterocycles. The summed E-state index contributed by atoms with van der Waals surface area (Å²) >= 11 is 0. The average Bonchev–Trinajstić information content (AvgIpc) is 2.72. The number of hydrogen-bond acceptors (Lipinski definition) is 4. The molecule has 2 aromatic rings. The minimum Gasteiger partial charge on any atom is -0.484 e. The number of amides is 3. The van der Waals surface area contributed by atoms with Gasteiger partial charge in [-0.05, 0) is 75.6 Å². The second kappa shape index (κ2) is 10.1. The molecule has 31 heavy (non-hydrogen) atoms. The number of likely N-dealkylation sites (tertiary alicyclic amines) is 1. The highest BCUT2D eigenvalue weighted by atomic mass is 16.5. The number of hydrogen-bond donors (Lipinski definition) is 2. The van der Waals surface area contributed by atoms with Gasteiger partial charge in [-0.3, -0.25) is 14.4 Å². The first-order valence-corrected chi connectivity index (χ1v) is 10.6. The highest BCUT2D eigenvalue weighted by Gasteiger charge is 2.28. The number of ether oxygens (including phenoxy) is 1. The zero-order valence-corrected chi connectivity index (χ0v) is 18.2. The SMILES string of the molecule is CC(=O)Nc1cccc(NC(=O)c2ccc(OCC(=O)N3C(C)CCCC3C)cc2)c1. The van der Waals surface area contributed by atoms with E-state index >= 15 is 0 Å². The van der Waals surface area contributed by atoms with Crippen molar-refractivity contribution in [1.82, 2.24) is 4.90 Å². The number of carbonyl (C=O) groups is 3. The minimum atomic E-state index is -0.279. The average molecular weight is 424 g/mol. The van der Waals surface area contributed by atoms with E-state index in [2.05, 4.69) is 24.5 Å². The second-order valence-corrected chi connectivity index (χ2v) is 7.96. The Morgan fingerprint density at radius 3 is 2.19 bits per heavy atom. The predicted molar refractivity (Wildman–Crippen MR) is 120 cm³/mol. The van der Waals surface area contributed by atoms with Crippen LogP contribution in [0.3, 0.4) is 0 Å². The van der Waals surface area contributed by atoms with Gasteiger partial charge in [0.15, 0.2) is 6.61 Å². The lowest BCUT2D eigenvalue weighted by atomic mass is 9.97. The van der Waals surface area contributed by atoms with Gasteiger partial charge in [-0.15, -0.1) is 0 Å². The van der Waals surface area contributed by atoms with Crippen LogP contribution in [-0.4, -0.2) is 41.3 Å². The van der Waals surface area contributed by atoms with Crippen molar-refractivity contribution >= 4 is 29.1 Å². The Labute approximate surface area is 182 Å². The molecule has 0 aromatic heterocycles. The maximum atomic E-state index is 12.6. The lowest BCUT2D eigenvalue weighted by Crippen LogP contribution is -2.49. The van der Waals surface area contributed by atoms with Gasteiger partial charge in [0.05, 0.1) is 0 Å². The quantitative estimate of drug-likeness (QED) is 0.733. The van der Waals surface area contributed by atoms with Gasteiger partial charge >= 0.3 is 0 Å². The number of rotatable bonds is 6. The van der Waals surface area contributed by atoms with Gasteiger partial charge in [-0.1, -0.05) is 6.07 Å². The summed E-state index contributed by atoms with van der Waals surface area (Å²) in [6.07, 6.45) is 3.19. The molecule has 7 heteroatoms. The number of nitrogens with one attached hydrogen (secondary N) is 2. The maximum Gasteiger partial charge on any atom is 0.260 e. The van der Waals surface area contributed by atoms with E-state index in [9.17, 15) is 14.4 Å². The third-order valence-electron chi connectivity index (χ3n) is 5.40. The first kappa shape index (κ1) is 22.3. The molecule has 3 amide bonds. The molecule has 2 aromatic carbocycles. The Bertz CT molecular complexity index is 932. The summed E-state index contributed by atoms with van der Waals surface area (Å²) in [4.78, 5) is 38.2. The molecule has 3 rings (SSSR count). The van der Waals surface area contributed by atoms with Gasteiger partial charge in [-0.2, -0.15) is 0 Å². The molecule has 2 unspecified atom stereocenters. The third kappa shape index (κ3) is 6.07. The predicted octanol–water partition coefficient (Wildman–Crippen LogP) is 4.07. The standard InChI is InChI=1S/C24H29N3O4/c1-16-6-4-7-17(2)27(16)23(29)15-31-22-12-10-19(11-13-22)24(30)26-21-9-5-8-20(14-21)25-18(3)28/h5,8-14,16-17H,4,6-7,15H2,1-3H3,(H,25,28)(H,26,30). The molecule has 2 atom stereocenters. The number of benzene rings is 2. The van der Waals surface area contributed by atoms with Crippen LogP contribution in [0.5, 0.6) is 5.75 Å². The van der Waals surface area contributed by atoms with Crippen LogP contribution < -0.4 is 15.4 Å². The fraction of sp³-hybridized carbons (Fsp3) is 0.375. The van der Waals surface area contributed by atoms with E-state index in [0.717, 1.165) is 19.3 Å². The van der Waals surface area contributed by atoms with Gasteiger partial charge < -0.3 is 20.3 Å². The van der Waals surface area contributed by atoms with E-state index < -0.39 is 0 Å². The van der Waals surface area contributed by atoms with Crippen molar-refractivity contribution in [2.24, 2.45) is 0 Å². The minimum absolute atomic E-state index is 0.0134. The number of carbonyl (C=O) groups excluding carboxylic acids is 3. The van der Waals surface area contributed by atoms with Crippen molar-refractivity contribution in [2.45, 2.75) is 52.1 Å². The molecule has 0 spiro atoms. The van der Waals surface area contributed by atoms with Crippen LogP contribution in [0.1, 0.15) is 50.4 Å². The Kier molecular flexibility index (Phi) is 7.28. The Balaban J connectivity index is 1.55. The normalized spacial score (nSPS) is 18.2. The van der Waals surface area contributed by atoms with E-state index in [4.69, 9.17) is 4.74 Å². The summed E-state index contributed by atoms with van der Waals surface area (Å²) in [5, 5.41) is 5.48. The van der Waals surface area contributed by atoms with Crippen LogP contribution in [0.25, 0.3) is 0 Å². The smallest absolute Gasteiger partial charge is 0.260 e. The summed E-state index contributed by atoms with van der Waals surface area (Å²) in [6, 6.07) is 14.1. The summed E-state index contributed by atoms with van der Waals surface area (Å²) < 4.78 is 5.66. The Morgan fingerprint density at radius 2 is 1.58 bits per heavy atom. The van der Waals surface area contributed by atoms with Gasteiger partial charge in [0.25, 0.3) is 11.8 Å². The van der Waals surface area contributed by atoms with Crippen molar-refractivity contribution < 1.29 is 19.1 Å². The molecule has 0 bridgehead atoms. The molecule has 1 fully saturated rings. The molecular weight excluding hydrogens is 394 g/mol. The van der Waals surface area contributed by atoms with Crippen LogP contribution >= 0.6 is 0 Å². The van der Waals surface area contributed by atoms with Gasteiger partial charge in [0.2, 0.25) is 5.91 Å². The maximum absolute atomic E-state index is 12.6. The van der Waals surface area contributed by atoms with E-state index in [1.54, 1.807) is 48.5 Å². The Hall–Kier alpha value is -3.35. The van der Waals surface area contributed by atoms with Crippen LogP contribution in [0.15, 0.2) is 48.5 Å². The zero-order chi connectivity index (χ0) is 22.4. The molecule has 0 radical (unpaired) electrons. The van der Waals surface area contributed by atoms with Gasteiger partial charge in [-0.25, -0.2) is 0 Å². The zero-order valence-electron chi connectivity index (χ0n) is 18.2. The summed E-state index contributed by atoms with van der Waals surface area (Å²) in [7, 11) is 0. The number of anilines is 2. The monoisotopic (exact) mass is 423 g/mol. The molecule has 0 aliphatic carbocycles. The van der Waals surface area contributed by atoms with Crippen LogP contribution in [0.4, 0.5) is 11.4 Å². The molecule has 164 valence electrons. The van der Waals surface area contributed by atoms with Crippen molar-refractivity contribution in [3.05, 3.63) is 54.1 Å². The first-order chi connectivity index (χ1) is 14.8. The van der Waals surface area contributed by atoms with Crippen molar-refractivity contribution in [3.63, 3.8) is 0 Å². The summed E-state index contributed by atoms with van der Waals surface area (Å²) in [5.74, 6) is 0.0655. The van der Waals surface area contributed by atoms with E-state index in [0.29, 0.717) is 22.7 Å². The van der Waals surface area contributed by atoms with E-state index in [-0.39, 0.29) is 36.4 Å². The number of piperidine rings is 1. The molecule has 0 saturated carbocycles. The van der Waals surface area contributed by atoms with Crippen LogP contribution in [-0.2, 0) is 9.59 Å². The fourth-order valence-electron chi connectivity index (χ4n) is 3.92. The van der Waals surface area contributed by atoms with Gasteiger partial charge in [0.1, 0.15) is 5.75 Å². The van der Waals surface area contributed by atoms with Crippen molar-refractivity contribution in [3.8, 4) is 5.75 Å². The molecular formula is C24H29N3O4. The van der Waals surface area contributed by atoms with E-state index in [1.807, 2.05) is 4.90 Å². The molecule has 7 nitrogen and oxygen atoms in total. The largest absolute Gasteiger partial charge is 0.484 e. The fourth-order valence-corrected chi connectivity index (χ4v) is 3.92. The third-order valence-corrected chi connectivity index (χ3v) is 5.40. The summed E-state index contributed by atoms with van der Waals surface area (Å²) in [6.45, 7) is 5.56. The van der Waals surface area contributed by atoms with Crippen LogP contribution in [0.2, 0.25) is 0 Å². The Morgan fingerprint density at radius 1 is 0.968 bits per heavy atom. The van der Waals surface area contributed by atoms with Crippen molar-refractivity contribution in [1.29, 1.82) is 0 Å². The van der Waals surface area contributed by atoms with E-state index in [1.165, 1.54) is 6.92 Å². The second-order valence-electron chi connectivity index (χ2n) is 7.96. The topological polar surface area (TPSA) is 87.7 Å². The van der Waals surface area contributed by atoms with Gasteiger partial charge in [0, 0.05) is 35.9 Å². The molecule has 1 aliphatic rings. The van der Waals surface area contributed by atoms with Crippen molar-refractivity contribution in [2.75, 3.05) is 17.2 Å². The molecule has 1 saturated heterocycles.